The molecule has 3 nitrogen and oxygen atoms in total. The van der Waals surface area contributed by atoms with Crippen LogP contribution in [0.15, 0.2) is 18.2 Å². The van der Waals surface area contributed by atoms with Crippen LogP contribution in [-0.2, 0) is 6.42 Å². The fourth-order valence-electron chi connectivity index (χ4n) is 2.16. The predicted molar refractivity (Wildman–Crippen MR) is 75.8 cm³/mol. The largest absolute Gasteiger partial charge is 0.306 e. The van der Waals surface area contributed by atoms with Crippen LogP contribution < -0.4 is 5.32 Å². The van der Waals surface area contributed by atoms with Gasteiger partial charge in [-0.05, 0) is 36.6 Å². The fourth-order valence-corrected chi connectivity index (χ4v) is 2.94. The van der Waals surface area contributed by atoms with Crippen LogP contribution in [0.25, 0.3) is 0 Å². The summed E-state index contributed by atoms with van der Waals surface area (Å²) in [5.74, 6) is -1.10. The van der Waals surface area contributed by atoms with Crippen LogP contribution in [0.5, 0.6) is 0 Å². The highest BCUT2D eigenvalue weighted by Crippen LogP contribution is 2.31. The Balaban J connectivity index is 2.48. The van der Waals surface area contributed by atoms with Gasteiger partial charge in [0.15, 0.2) is 0 Å². The molecule has 1 aromatic carbocycles. The Labute approximate surface area is 121 Å². The zero-order valence-electron chi connectivity index (χ0n) is 11.5. The summed E-state index contributed by atoms with van der Waals surface area (Å²) in [5, 5.41) is 7.21. The molecular weight excluding hydrogens is 280 g/mol. The lowest BCUT2D eigenvalue weighted by atomic mass is 10.0. The molecule has 0 saturated heterocycles. The van der Waals surface area contributed by atoms with Crippen molar-refractivity contribution in [2.75, 3.05) is 6.54 Å². The van der Waals surface area contributed by atoms with Gasteiger partial charge in [-0.1, -0.05) is 30.8 Å². The van der Waals surface area contributed by atoms with Crippen molar-refractivity contribution in [2.45, 2.75) is 32.7 Å². The maximum atomic E-state index is 14.0. The Kier molecular flexibility index (Phi) is 5.14. The summed E-state index contributed by atoms with van der Waals surface area (Å²) in [6.07, 6.45) is 1.67. The zero-order valence-corrected chi connectivity index (χ0v) is 12.3. The number of nitrogens with one attached hydrogen (secondary N) is 1. The summed E-state index contributed by atoms with van der Waals surface area (Å²) in [5.41, 5.74) is 0.851. The van der Waals surface area contributed by atoms with Crippen molar-refractivity contribution in [1.82, 2.24) is 14.9 Å². The van der Waals surface area contributed by atoms with Gasteiger partial charge in [-0.2, -0.15) is 0 Å². The fraction of sp³-hybridized carbons (Fsp3) is 0.429. The zero-order chi connectivity index (χ0) is 14.5. The van der Waals surface area contributed by atoms with Crippen LogP contribution in [-0.4, -0.2) is 16.1 Å². The van der Waals surface area contributed by atoms with Crippen LogP contribution in [0.1, 0.15) is 42.4 Å². The summed E-state index contributed by atoms with van der Waals surface area (Å²) in [6.45, 7) is 4.54. The van der Waals surface area contributed by atoms with Crippen molar-refractivity contribution in [2.24, 2.45) is 0 Å². The summed E-state index contributed by atoms with van der Waals surface area (Å²) < 4.78 is 32.0. The lowest BCUT2D eigenvalue weighted by molar-refractivity contribution is 0.511. The van der Waals surface area contributed by atoms with Gasteiger partial charge in [0.1, 0.15) is 11.6 Å². The van der Waals surface area contributed by atoms with Crippen LogP contribution >= 0.6 is 11.5 Å². The van der Waals surface area contributed by atoms with Crippen LogP contribution in [0.2, 0.25) is 0 Å². The molecule has 1 heterocycles. The molecule has 0 amide bonds. The quantitative estimate of drug-likeness (QED) is 0.887. The average Bonchev–Trinajstić information content (AvgIpc) is 2.86. The maximum absolute atomic E-state index is 14.0. The Morgan fingerprint density at radius 3 is 2.55 bits per heavy atom. The van der Waals surface area contributed by atoms with E-state index >= 15 is 0 Å². The summed E-state index contributed by atoms with van der Waals surface area (Å²) in [4.78, 5) is 0.790. The van der Waals surface area contributed by atoms with Gasteiger partial charge in [0, 0.05) is 5.56 Å². The van der Waals surface area contributed by atoms with Gasteiger partial charge in [0.05, 0.1) is 16.6 Å². The van der Waals surface area contributed by atoms with Gasteiger partial charge in [0.25, 0.3) is 0 Å². The number of nitrogens with zero attached hydrogens (tertiary/aromatic N) is 2. The molecule has 0 bridgehead atoms. The first-order valence-corrected chi connectivity index (χ1v) is 7.44. The first kappa shape index (κ1) is 15.0. The minimum Gasteiger partial charge on any atom is -0.306 e. The predicted octanol–water partition coefficient (Wildman–Crippen LogP) is 3.47. The van der Waals surface area contributed by atoms with E-state index in [-0.39, 0.29) is 5.56 Å². The van der Waals surface area contributed by atoms with Crippen molar-refractivity contribution in [3.05, 3.63) is 46.0 Å². The van der Waals surface area contributed by atoms with E-state index in [1.54, 1.807) is 0 Å². The molecule has 0 spiro atoms. The first-order chi connectivity index (χ1) is 9.69. The average molecular weight is 297 g/mol. The van der Waals surface area contributed by atoms with Crippen LogP contribution in [0.3, 0.4) is 0 Å². The number of aromatic nitrogens is 2. The maximum Gasteiger partial charge on any atom is 0.131 e. The van der Waals surface area contributed by atoms with E-state index in [9.17, 15) is 8.78 Å². The van der Waals surface area contributed by atoms with Gasteiger partial charge in [-0.3, -0.25) is 0 Å². The summed E-state index contributed by atoms with van der Waals surface area (Å²) >= 11 is 1.19. The Morgan fingerprint density at radius 2 is 1.95 bits per heavy atom. The lowest BCUT2D eigenvalue weighted by Gasteiger charge is -2.18. The topological polar surface area (TPSA) is 37.8 Å². The second-order valence-corrected chi connectivity index (χ2v) is 5.25. The molecule has 2 aromatic rings. The monoisotopic (exact) mass is 297 g/mol. The van der Waals surface area contributed by atoms with E-state index in [0.29, 0.717) is 6.54 Å². The molecule has 108 valence electrons. The van der Waals surface area contributed by atoms with Crippen molar-refractivity contribution in [3.63, 3.8) is 0 Å². The van der Waals surface area contributed by atoms with Gasteiger partial charge in [0.2, 0.25) is 0 Å². The van der Waals surface area contributed by atoms with Crippen molar-refractivity contribution < 1.29 is 8.78 Å². The molecule has 2 rings (SSSR count). The van der Waals surface area contributed by atoms with E-state index in [2.05, 4.69) is 14.9 Å². The summed E-state index contributed by atoms with van der Waals surface area (Å²) in [7, 11) is 0. The van der Waals surface area contributed by atoms with Crippen LogP contribution in [0, 0.1) is 11.6 Å². The highest BCUT2D eigenvalue weighted by Gasteiger charge is 2.25. The molecule has 0 aliphatic rings. The molecule has 1 aromatic heterocycles. The SMILES string of the molecule is CCCc1nnsc1C(NCC)c1c(F)cccc1F. The van der Waals surface area contributed by atoms with Gasteiger partial charge >= 0.3 is 0 Å². The Bertz CT molecular complexity index is 551. The van der Waals surface area contributed by atoms with Crippen molar-refractivity contribution in [3.8, 4) is 0 Å². The van der Waals surface area contributed by atoms with E-state index in [4.69, 9.17) is 0 Å². The molecule has 0 aliphatic heterocycles. The normalized spacial score (nSPS) is 12.6. The molecule has 1 atom stereocenters. The minimum atomic E-state index is -0.549. The second kappa shape index (κ2) is 6.85. The number of benzene rings is 1. The van der Waals surface area contributed by atoms with E-state index in [1.165, 1.54) is 29.7 Å². The lowest BCUT2D eigenvalue weighted by Crippen LogP contribution is -2.24. The molecule has 0 radical (unpaired) electrons. The standard InChI is InChI=1S/C14H17F2N3S/c1-3-6-11-14(20-19-18-11)13(17-4-2)12-9(15)7-5-8-10(12)16/h5,7-8,13,17H,3-4,6H2,1-2H3. The molecule has 20 heavy (non-hydrogen) atoms. The van der Waals surface area contributed by atoms with Crippen molar-refractivity contribution >= 4 is 11.5 Å². The van der Waals surface area contributed by atoms with Crippen LogP contribution in [0.4, 0.5) is 8.78 Å². The molecule has 1 unspecified atom stereocenters. The molecule has 0 fully saturated rings. The summed E-state index contributed by atoms with van der Waals surface area (Å²) in [6, 6.07) is 3.38. The van der Waals surface area contributed by atoms with Crippen molar-refractivity contribution in [1.29, 1.82) is 0 Å². The molecule has 0 saturated carbocycles. The second-order valence-electron chi connectivity index (χ2n) is 4.46. The molecular formula is C14H17F2N3S. The number of rotatable bonds is 6. The third-order valence-corrected chi connectivity index (χ3v) is 3.86. The number of halogens is 2. The molecule has 6 heteroatoms. The van der Waals surface area contributed by atoms with Gasteiger partial charge < -0.3 is 5.32 Å². The highest BCUT2D eigenvalue weighted by atomic mass is 32.1. The van der Waals surface area contributed by atoms with E-state index < -0.39 is 17.7 Å². The number of hydrogen-bond donors (Lipinski definition) is 1. The number of hydrogen-bond acceptors (Lipinski definition) is 4. The third-order valence-electron chi connectivity index (χ3n) is 3.03. The molecule has 1 N–H and O–H groups in total. The third kappa shape index (κ3) is 3.02. The molecule has 0 aliphatic carbocycles. The van der Waals surface area contributed by atoms with Gasteiger partial charge in [-0.15, -0.1) is 5.10 Å². The highest BCUT2D eigenvalue weighted by molar-refractivity contribution is 7.05. The minimum absolute atomic E-state index is 0.0396. The smallest absolute Gasteiger partial charge is 0.131 e. The Hall–Kier alpha value is -1.40. The Morgan fingerprint density at radius 1 is 1.25 bits per heavy atom. The van der Waals surface area contributed by atoms with E-state index in [1.807, 2.05) is 13.8 Å². The van der Waals surface area contributed by atoms with Gasteiger partial charge in [-0.25, -0.2) is 8.78 Å². The number of aryl methyl sites for hydroxylation is 1. The first-order valence-electron chi connectivity index (χ1n) is 6.67. The van der Waals surface area contributed by atoms with E-state index in [0.717, 1.165) is 23.4 Å².